The number of carbonyl (C=O) groups excluding carboxylic acids is 4. The van der Waals surface area contributed by atoms with Crippen molar-refractivity contribution >= 4 is 23.6 Å². The topological polar surface area (TPSA) is 131 Å². The van der Waals surface area contributed by atoms with E-state index in [2.05, 4.69) is 16.0 Å². The Morgan fingerprint density at radius 2 is 1.71 bits per heavy atom. The van der Waals surface area contributed by atoms with Crippen molar-refractivity contribution in [1.82, 2.24) is 25.8 Å². The van der Waals surface area contributed by atoms with Crippen molar-refractivity contribution < 1.29 is 28.7 Å². The maximum atomic E-state index is 13.6. The number of aromatic hydroxyl groups is 1. The molecule has 10 nitrogen and oxygen atoms in total. The first-order valence-corrected chi connectivity index (χ1v) is 13.9. The number of amides is 4. The van der Waals surface area contributed by atoms with Gasteiger partial charge in [-0.15, -0.1) is 0 Å². The minimum Gasteiger partial charge on any atom is -0.508 e. The van der Waals surface area contributed by atoms with Gasteiger partial charge in [0, 0.05) is 25.4 Å². The fourth-order valence-electron chi connectivity index (χ4n) is 4.49. The van der Waals surface area contributed by atoms with Gasteiger partial charge in [0.2, 0.25) is 23.6 Å². The van der Waals surface area contributed by atoms with E-state index in [1.54, 1.807) is 38.2 Å². The number of hydrogen-bond donors (Lipinski definition) is 4. The molecule has 11 heteroatoms. The van der Waals surface area contributed by atoms with E-state index in [1.807, 2.05) is 20.8 Å². The van der Waals surface area contributed by atoms with E-state index in [-0.39, 0.29) is 36.3 Å². The van der Waals surface area contributed by atoms with Crippen molar-refractivity contribution in [2.45, 2.75) is 58.7 Å². The Morgan fingerprint density at radius 1 is 1.02 bits per heavy atom. The Hall–Kier alpha value is -4.25. The molecule has 4 N–H and O–H groups in total. The van der Waals surface area contributed by atoms with Gasteiger partial charge in [-0.1, -0.05) is 45.0 Å². The quantitative estimate of drug-likeness (QED) is 0.322. The number of likely N-dealkylation sites (N-methyl/N-ethyl adjacent to an activating group) is 1. The molecule has 0 bridgehead atoms. The Balaban J connectivity index is 1.76. The first-order valence-electron chi connectivity index (χ1n) is 13.9. The molecule has 0 unspecified atom stereocenters. The molecule has 3 atom stereocenters. The number of hydrogen-bond acceptors (Lipinski definition) is 6. The average Bonchev–Trinajstić information content (AvgIpc) is 2.94. The summed E-state index contributed by atoms with van der Waals surface area (Å²) in [5.74, 6) is -2.00. The van der Waals surface area contributed by atoms with Gasteiger partial charge in [0.05, 0.1) is 12.6 Å². The van der Waals surface area contributed by atoms with E-state index in [1.165, 1.54) is 46.5 Å². The van der Waals surface area contributed by atoms with E-state index >= 15 is 0 Å². The summed E-state index contributed by atoms with van der Waals surface area (Å²) in [5, 5.41) is 17.9. The number of phenolic OH excluding ortho intramolecular Hbond substituents is 1. The second-order valence-corrected chi connectivity index (χ2v) is 11.4. The maximum absolute atomic E-state index is 13.6. The molecule has 2 aromatic rings. The SMILES string of the molecule is CN[C@@H](C)C(=O)N[C@H](C(=O)NCC(=O)N1C=CN(CCc2cccc(F)c2)C(=O)[C@@H]1Cc1ccc(O)cc1)C(C)(C)C. The molecule has 1 aliphatic rings. The zero-order valence-electron chi connectivity index (χ0n) is 24.7. The third-order valence-corrected chi connectivity index (χ3v) is 7.15. The van der Waals surface area contributed by atoms with Gasteiger partial charge in [-0.25, -0.2) is 4.39 Å². The number of benzene rings is 2. The number of phenols is 1. The van der Waals surface area contributed by atoms with Crippen molar-refractivity contribution in [2.75, 3.05) is 20.1 Å². The molecule has 0 aromatic heterocycles. The van der Waals surface area contributed by atoms with Crippen molar-refractivity contribution in [3.63, 3.8) is 0 Å². The lowest BCUT2D eigenvalue weighted by molar-refractivity contribution is -0.143. The van der Waals surface area contributed by atoms with Crippen LogP contribution in [0.4, 0.5) is 4.39 Å². The smallest absolute Gasteiger partial charge is 0.250 e. The molecule has 0 radical (unpaired) electrons. The molecular formula is C31H40FN5O5. The molecule has 1 heterocycles. The predicted molar refractivity (Wildman–Crippen MR) is 156 cm³/mol. The third-order valence-electron chi connectivity index (χ3n) is 7.15. The van der Waals surface area contributed by atoms with Crippen molar-refractivity contribution in [3.8, 4) is 5.75 Å². The minimum absolute atomic E-state index is 0.0746. The normalized spacial score (nSPS) is 16.6. The summed E-state index contributed by atoms with van der Waals surface area (Å²) in [6.45, 7) is 6.98. The fourth-order valence-corrected chi connectivity index (χ4v) is 4.49. The molecule has 226 valence electrons. The summed E-state index contributed by atoms with van der Waals surface area (Å²) in [6.07, 6.45) is 3.59. The number of nitrogens with one attached hydrogen (secondary N) is 3. The molecule has 0 aliphatic carbocycles. The highest BCUT2D eigenvalue weighted by Crippen LogP contribution is 2.22. The van der Waals surface area contributed by atoms with Gasteiger partial charge >= 0.3 is 0 Å². The second-order valence-electron chi connectivity index (χ2n) is 11.4. The van der Waals surface area contributed by atoms with Crippen molar-refractivity contribution in [1.29, 1.82) is 0 Å². The van der Waals surface area contributed by atoms with E-state index in [4.69, 9.17) is 0 Å². The van der Waals surface area contributed by atoms with Crippen LogP contribution in [0.3, 0.4) is 0 Å². The van der Waals surface area contributed by atoms with Gasteiger partial charge < -0.3 is 30.9 Å². The van der Waals surface area contributed by atoms with Gasteiger partial charge in [-0.05, 0) is 61.2 Å². The molecule has 0 spiro atoms. The Bertz CT molecular complexity index is 1310. The highest BCUT2D eigenvalue weighted by atomic mass is 19.1. The summed E-state index contributed by atoms with van der Waals surface area (Å²) in [6, 6.07) is 10.2. The van der Waals surface area contributed by atoms with Crippen LogP contribution < -0.4 is 16.0 Å². The second kappa shape index (κ2) is 14.1. The van der Waals surface area contributed by atoms with Gasteiger partial charge in [-0.3, -0.25) is 19.2 Å². The standard InChI is InChI=1S/C31H40FN5O5/c1-20(33-5)28(40)35-27(31(2,3)4)29(41)34-19-26(39)37-16-15-36(14-13-21-7-6-8-23(32)17-21)30(42)25(37)18-22-9-11-24(38)12-10-22/h6-12,15-17,20,25,27,33,38H,13-14,18-19H2,1-5H3,(H,34,41)(H,35,40)/t20-,25-,27+/m0/s1. The van der Waals surface area contributed by atoms with Crippen LogP contribution in [0.15, 0.2) is 60.9 Å². The lowest BCUT2D eigenvalue weighted by Gasteiger charge is -2.36. The van der Waals surface area contributed by atoms with Crippen LogP contribution in [0.1, 0.15) is 38.8 Å². The molecule has 0 fully saturated rings. The summed E-state index contributed by atoms with van der Waals surface area (Å²) < 4.78 is 13.6. The highest BCUT2D eigenvalue weighted by molar-refractivity contribution is 5.94. The van der Waals surface area contributed by atoms with Gasteiger partial charge in [0.25, 0.3) is 0 Å². The van der Waals surface area contributed by atoms with Crippen LogP contribution in [0, 0.1) is 11.2 Å². The number of nitrogens with zero attached hydrogens (tertiary/aromatic N) is 2. The van der Waals surface area contributed by atoms with Gasteiger partial charge in [0.15, 0.2) is 0 Å². The number of rotatable bonds is 11. The van der Waals surface area contributed by atoms with Crippen LogP contribution in [0.2, 0.25) is 0 Å². The van der Waals surface area contributed by atoms with Gasteiger partial charge in [0.1, 0.15) is 23.7 Å². The summed E-state index contributed by atoms with van der Waals surface area (Å²) >= 11 is 0. The van der Waals surface area contributed by atoms with E-state index in [0.29, 0.717) is 6.42 Å². The first-order chi connectivity index (χ1) is 19.8. The van der Waals surface area contributed by atoms with Crippen LogP contribution in [0.5, 0.6) is 5.75 Å². The Kier molecular flexibility index (Phi) is 10.8. The summed E-state index contributed by atoms with van der Waals surface area (Å²) in [5.41, 5.74) is 0.820. The number of carbonyl (C=O) groups is 4. The molecule has 4 amide bonds. The average molecular weight is 582 g/mol. The molecule has 42 heavy (non-hydrogen) atoms. The first kappa shape index (κ1) is 32.3. The monoisotopic (exact) mass is 581 g/mol. The Labute approximate surface area is 246 Å². The molecule has 0 saturated heterocycles. The molecule has 2 aromatic carbocycles. The van der Waals surface area contributed by atoms with Crippen LogP contribution in [0.25, 0.3) is 0 Å². The minimum atomic E-state index is -0.911. The third kappa shape index (κ3) is 8.62. The maximum Gasteiger partial charge on any atom is 0.250 e. The zero-order chi connectivity index (χ0) is 31.0. The van der Waals surface area contributed by atoms with Crippen LogP contribution in [-0.2, 0) is 32.0 Å². The van der Waals surface area contributed by atoms with Crippen LogP contribution in [-0.4, -0.2) is 76.8 Å². The van der Waals surface area contributed by atoms with E-state index < -0.39 is 41.9 Å². The molecule has 3 rings (SSSR count). The molecule has 1 aliphatic heterocycles. The Morgan fingerprint density at radius 3 is 2.33 bits per heavy atom. The van der Waals surface area contributed by atoms with E-state index in [9.17, 15) is 28.7 Å². The van der Waals surface area contributed by atoms with Crippen molar-refractivity contribution in [2.24, 2.45) is 5.41 Å². The van der Waals surface area contributed by atoms with Gasteiger partial charge in [-0.2, -0.15) is 0 Å². The predicted octanol–water partition coefficient (Wildman–Crippen LogP) is 2.08. The number of halogens is 1. The van der Waals surface area contributed by atoms with E-state index in [0.717, 1.165) is 11.1 Å². The van der Waals surface area contributed by atoms with Crippen molar-refractivity contribution in [3.05, 3.63) is 77.9 Å². The highest BCUT2D eigenvalue weighted by Gasteiger charge is 2.37. The lowest BCUT2D eigenvalue weighted by Crippen LogP contribution is -2.58. The van der Waals surface area contributed by atoms with Crippen LogP contribution >= 0.6 is 0 Å². The zero-order valence-corrected chi connectivity index (χ0v) is 24.7. The summed E-state index contributed by atoms with van der Waals surface area (Å²) in [7, 11) is 1.64. The lowest BCUT2D eigenvalue weighted by atomic mass is 9.86. The largest absolute Gasteiger partial charge is 0.508 e. The summed E-state index contributed by atoms with van der Waals surface area (Å²) in [4.78, 5) is 55.4. The molecular weight excluding hydrogens is 541 g/mol. The molecule has 0 saturated carbocycles. The fraction of sp³-hybridized carbons (Fsp3) is 0.419.